The number of benzene rings is 1. The number of thioether (sulfide) groups is 1. The van der Waals surface area contributed by atoms with Crippen LogP contribution in [0.1, 0.15) is 17.7 Å². The molecule has 8 heteroatoms. The first-order chi connectivity index (χ1) is 14.3. The molecule has 0 unspecified atom stereocenters. The third kappa shape index (κ3) is 6.71. The number of nitrogens with zero attached hydrogens (tertiary/aromatic N) is 2. The van der Waals surface area contributed by atoms with Crippen molar-refractivity contribution in [3.63, 3.8) is 0 Å². The average molecular weight is 418 g/mol. The highest BCUT2D eigenvalue weighted by Crippen LogP contribution is 2.27. The second kappa shape index (κ2) is 11.8. The minimum Gasteiger partial charge on any atom is -0.493 e. The molecule has 0 fully saturated rings. The van der Waals surface area contributed by atoms with Gasteiger partial charge in [0.2, 0.25) is 0 Å². The highest BCUT2D eigenvalue weighted by Gasteiger charge is 2.09. The molecule has 3 rings (SSSR count). The zero-order chi connectivity index (χ0) is 20.3. The van der Waals surface area contributed by atoms with Gasteiger partial charge in [0.15, 0.2) is 5.16 Å². The summed E-state index contributed by atoms with van der Waals surface area (Å²) >= 11 is 1.64. The van der Waals surface area contributed by atoms with E-state index in [9.17, 15) is 0 Å². The number of imidazole rings is 1. The van der Waals surface area contributed by atoms with Gasteiger partial charge in [-0.15, -0.1) is 0 Å². The number of pyridine rings is 1. The second-order valence-electron chi connectivity index (χ2n) is 6.36. The van der Waals surface area contributed by atoms with Crippen LogP contribution in [0.3, 0.4) is 0 Å². The maximum atomic E-state index is 5.91. The summed E-state index contributed by atoms with van der Waals surface area (Å²) in [5.74, 6) is 1.58. The predicted molar refractivity (Wildman–Crippen MR) is 113 cm³/mol. The lowest BCUT2D eigenvalue weighted by atomic mass is 10.2. The molecule has 0 saturated heterocycles. The Hall–Kier alpha value is -2.13. The van der Waals surface area contributed by atoms with Crippen molar-refractivity contribution in [2.24, 2.45) is 0 Å². The Balaban J connectivity index is 1.42. The minimum atomic E-state index is 0.279. The molecule has 3 aromatic rings. The molecule has 0 saturated carbocycles. The topological polar surface area (TPSA) is 78.5 Å². The zero-order valence-corrected chi connectivity index (χ0v) is 17.7. The molecule has 0 atom stereocenters. The first-order valence-electron chi connectivity index (χ1n) is 9.57. The molecule has 0 aliphatic heterocycles. The fraction of sp³-hybridized carbons (Fsp3) is 0.429. The van der Waals surface area contributed by atoms with Crippen molar-refractivity contribution in [1.82, 2.24) is 15.0 Å². The van der Waals surface area contributed by atoms with E-state index in [0.717, 1.165) is 45.4 Å². The van der Waals surface area contributed by atoms with Gasteiger partial charge in [-0.1, -0.05) is 23.9 Å². The fourth-order valence-electron chi connectivity index (χ4n) is 2.66. The van der Waals surface area contributed by atoms with Crippen LogP contribution in [0.2, 0.25) is 0 Å². The molecule has 156 valence electrons. The smallest absolute Gasteiger partial charge is 0.166 e. The molecule has 0 radical (unpaired) electrons. The van der Waals surface area contributed by atoms with E-state index in [-0.39, 0.29) is 6.79 Å². The first-order valence-corrected chi connectivity index (χ1v) is 10.6. The van der Waals surface area contributed by atoms with Crippen LogP contribution in [-0.4, -0.2) is 55.3 Å². The average Bonchev–Trinajstić information content (AvgIpc) is 3.16. The largest absolute Gasteiger partial charge is 0.493 e. The molecule has 0 bridgehead atoms. The molecule has 1 N–H and O–H groups in total. The van der Waals surface area contributed by atoms with E-state index in [1.165, 1.54) is 0 Å². The second-order valence-corrected chi connectivity index (χ2v) is 7.32. The monoisotopic (exact) mass is 417 g/mol. The number of para-hydroxylation sites is 2. The Bertz CT molecular complexity index is 854. The van der Waals surface area contributed by atoms with Gasteiger partial charge in [0.1, 0.15) is 12.5 Å². The third-order valence-corrected chi connectivity index (χ3v) is 5.15. The predicted octanol–water partition coefficient (Wildman–Crippen LogP) is 3.96. The highest BCUT2D eigenvalue weighted by atomic mass is 32.2. The van der Waals surface area contributed by atoms with Crippen LogP contribution in [-0.2, 0) is 20.0 Å². The number of hydrogen-bond acceptors (Lipinski definition) is 7. The van der Waals surface area contributed by atoms with Gasteiger partial charge < -0.3 is 23.9 Å². The van der Waals surface area contributed by atoms with Gasteiger partial charge in [0.05, 0.1) is 43.2 Å². The molecule has 0 spiro atoms. The third-order valence-electron chi connectivity index (χ3n) is 4.26. The number of H-pyrrole nitrogens is 1. The number of rotatable bonds is 13. The van der Waals surface area contributed by atoms with Crippen LogP contribution in [0.4, 0.5) is 0 Å². The highest BCUT2D eigenvalue weighted by molar-refractivity contribution is 7.98. The van der Waals surface area contributed by atoms with E-state index in [1.54, 1.807) is 25.1 Å². The molecule has 7 nitrogen and oxygen atoms in total. The Labute approximate surface area is 175 Å². The number of nitrogens with one attached hydrogen (secondary N) is 1. The van der Waals surface area contributed by atoms with Crippen molar-refractivity contribution in [2.45, 2.75) is 24.3 Å². The minimum absolute atomic E-state index is 0.279. The maximum Gasteiger partial charge on any atom is 0.166 e. The molecule has 0 amide bonds. The maximum absolute atomic E-state index is 5.91. The van der Waals surface area contributed by atoms with Gasteiger partial charge in [0.25, 0.3) is 0 Å². The number of fused-ring (bicyclic) bond motifs is 1. The van der Waals surface area contributed by atoms with Gasteiger partial charge >= 0.3 is 0 Å². The number of aromatic nitrogens is 3. The Morgan fingerprint density at radius 3 is 2.76 bits per heavy atom. The fourth-order valence-corrected chi connectivity index (χ4v) is 3.57. The summed E-state index contributed by atoms with van der Waals surface area (Å²) in [5, 5.41) is 0.892. The Kier molecular flexibility index (Phi) is 8.76. The van der Waals surface area contributed by atoms with E-state index >= 15 is 0 Å². The van der Waals surface area contributed by atoms with Crippen molar-refractivity contribution in [1.29, 1.82) is 0 Å². The van der Waals surface area contributed by atoms with Gasteiger partial charge in [0, 0.05) is 31.0 Å². The van der Waals surface area contributed by atoms with Gasteiger partial charge in [-0.2, -0.15) is 0 Å². The van der Waals surface area contributed by atoms with Crippen LogP contribution >= 0.6 is 11.8 Å². The van der Waals surface area contributed by atoms with Crippen LogP contribution in [0.15, 0.2) is 41.7 Å². The molecule has 1 aromatic carbocycles. The molecular formula is C21H27N3O4S. The summed E-state index contributed by atoms with van der Waals surface area (Å²) in [6.07, 6.45) is 2.58. The summed E-state index contributed by atoms with van der Waals surface area (Å²) in [6, 6.07) is 9.92. The molecule has 0 aliphatic carbocycles. The van der Waals surface area contributed by atoms with Crippen molar-refractivity contribution < 1.29 is 18.9 Å². The summed E-state index contributed by atoms with van der Waals surface area (Å²) in [4.78, 5) is 12.4. The summed E-state index contributed by atoms with van der Waals surface area (Å²) in [7, 11) is 1.64. The van der Waals surface area contributed by atoms with Crippen LogP contribution in [0.25, 0.3) is 11.0 Å². The normalized spacial score (nSPS) is 11.2. The number of aromatic amines is 1. The Morgan fingerprint density at radius 1 is 1.03 bits per heavy atom. The molecule has 29 heavy (non-hydrogen) atoms. The van der Waals surface area contributed by atoms with E-state index in [0.29, 0.717) is 26.4 Å². The number of hydrogen-bond donors (Lipinski definition) is 1. The number of ether oxygens (including phenoxy) is 4. The first kappa shape index (κ1) is 21.6. The van der Waals surface area contributed by atoms with E-state index in [4.69, 9.17) is 18.9 Å². The van der Waals surface area contributed by atoms with Crippen molar-refractivity contribution in [3.8, 4) is 5.75 Å². The van der Waals surface area contributed by atoms with E-state index in [1.807, 2.05) is 37.3 Å². The lowest BCUT2D eigenvalue weighted by Gasteiger charge is -2.12. The SMILES string of the molecule is COCCOCOCCCOc1ccnc(CSc2nc3ccccc3[nH]2)c1C. The standard InChI is InChI=1S/C21H27N3O4S/c1-16-19(14-29-21-23-17-6-3-4-7-18(17)24-21)22-9-8-20(16)28-11-5-10-26-15-27-13-12-25-2/h3-4,6-9H,5,10-15H2,1-2H3,(H,23,24). The van der Waals surface area contributed by atoms with Crippen molar-refractivity contribution >= 4 is 22.8 Å². The van der Waals surface area contributed by atoms with E-state index in [2.05, 4.69) is 15.0 Å². The summed E-state index contributed by atoms with van der Waals surface area (Å²) < 4.78 is 21.5. The Morgan fingerprint density at radius 2 is 1.90 bits per heavy atom. The molecule has 0 aliphatic rings. The summed E-state index contributed by atoms with van der Waals surface area (Å²) in [5.41, 5.74) is 4.07. The van der Waals surface area contributed by atoms with E-state index < -0.39 is 0 Å². The van der Waals surface area contributed by atoms with Gasteiger partial charge in [-0.3, -0.25) is 4.98 Å². The molecule has 2 aromatic heterocycles. The quantitative estimate of drug-likeness (QED) is 0.256. The molecule has 2 heterocycles. The van der Waals surface area contributed by atoms with Crippen molar-refractivity contribution in [2.75, 3.05) is 40.3 Å². The summed E-state index contributed by atoms with van der Waals surface area (Å²) in [6.45, 7) is 4.60. The number of methoxy groups -OCH3 is 1. The lowest BCUT2D eigenvalue weighted by molar-refractivity contribution is -0.0674. The zero-order valence-electron chi connectivity index (χ0n) is 16.8. The molecular weight excluding hydrogens is 390 g/mol. The van der Waals surface area contributed by atoms with Gasteiger partial charge in [-0.25, -0.2) is 4.98 Å². The van der Waals surface area contributed by atoms with Crippen molar-refractivity contribution in [3.05, 3.63) is 47.8 Å². The van der Waals surface area contributed by atoms with Gasteiger partial charge in [-0.05, 0) is 25.1 Å². The van der Waals surface area contributed by atoms with Crippen LogP contribution in [0, 0.1) is 6.92 Å². The van der Waals surface area contributed by atoms with Crippen LogP contribution < -0.4 is 4.74 Å². The van der Waals surface area contributed by atoms with Crippen LogP contribution in [0.5, 0.6) is 5.75 Å². The lowest BCUT2D eigenvalue weighted by Crippen LogP contribution is -2.09.